The topological polar surface area (TPSA) is 57.6 Å². The van der Waals surface area contributed by atoms with Gasteiger partial charge >= 0.3 is 5.97 Å². The molecule has 1 atom stereocenters. The van der Waals surface area contributed by atoms with E-state index in [-0.39, 0.29) is 11.9 Å². The van der Waals surface area contributed by atoms with Crippen molar-refractivity contribution in [1.29, 1.82) is 0 Å². The van der Waals surface area contributed by atoms with Gasteiger partial charge in [-0.3, -0.25) is 9.59 Å². The summed E-state index contributed by atoms with van der Waals surface area (Å²) in [5, 5.41) is 9.05. The fourth-order valence-corrected chi connectivity index (χ4v) is 2.55. The van der Waals surface area contributed by atoms with Gasteiger partial charge in [0.25, 0.3) is 0 Å². The average Bonchev–Trinajstić information content (AvgIpc) is 3.29. The van der Waals surface area contributed by atoms with Gasteiger partial charge < -0.3 is 10.0 Å². The molecule has 0 aromatic heterocycles. The Labute approximate surface area is 125 Å². The maximum atomic E-state index is 12.6. The molecule has 0 bridgehead atoms. The van der Waals surface area contributed by atoms with Crippen molar-refractivity contribution in [3.05, 3.63) is 35.4 Å². The molecule has 0 radical (unpaired) electrons. The third-order valence-corrected chi connectivity index (χ3v) is 4.04. The quantitative estimate of drug-likeness (QED) is 0.839. The van der Waals surface area contributed by atoms with Crippen LogP contribution < -0.4 is 0 Å². The summed E-state index contributed by atoms with van der Waals surface area (Å²) in [6.45, 7) is 4.05. The highest BCUT2D eigenvalue weighted by Crippen LogP contribution is 2.28. The number of carbonyl (C=O) groups is 2. The molecule has 0 saturated heterocycles. The molecule has 0 aliphatic heterocycles. The number of amides is 1. The Morgan fingerprint density at radius 2 is 1.90 bits per heavy atom. The smallest absolute Gasteiger partial charge is 0.308 e. The van der Waals surface area contributed by atoms with E-state index < -0.39 is 11.9 Å². The minimum Gasteiger partial charge on any atom is -0.481 e. The first kappa shape index (κ1) is 15.5. The van der Waals surface area contributed by atoms with Gasteiger partial charge in [0.15, 0.2) is 0 Å². The Bertz CT molecular complexity index is 523. The minimum atomic E-state index is -0.845. The Kier molecular flexibility index (Phi) is 4.99. The van der Waals surface area contributed by atoms with Crippen LogP contribution >= 0.6 is 0 Å². The molecule has 1 unspecified atom stereocenters. The SMILES string of the molecule is CCc1ccccc1CC(=O)N(CC(C)C(=O)O)C1CC1. The summed E-state index contributed by atoms with van der Waals surface area (Å²) in [6.07, 6.45) is 3.26. The Balaban J connectivity index is 2.07. The van der Waals surface area contributed by atoms with Crippen LogP contribution in [0.25, 0.3) is 0 Å². The van der Waals surface area contributed by atoms with Crippen LogP contribution in [0.4, 0.5) is 0 Å². The second-order valence-corrected chi connectivity index (χ2v) is 5.82. The highest BCUT2D eigenvalue weighted by atomic mass is 16.4. The lowest BCUT2D eigenvalue weighted by Crippen LogP contribution is -2.39. The number of carbonyl (C=O) groups excluding carboxylic acids is 1. The van der Waals surface area contributed by atoms with Crippen LogP contribution in [-0.4, -0.2) is 34.5 Å². The molecule has 114 valence electrons. The number of rotatable bonds is 7. The van der Waals surface area contributed by atoms with E-state index in [1.54, 1.807) is 11.8 Å². The number of hydrogen-bond acceptors (Lipinski definition) is 2. The first-order valence-electron chi connectivity index (χ1n) is 7.62. The van der Waals surface area contributed by atoms with Gasteiger partial charge in [-0.05, 0) is 30.4 Å². The van der Waals surface area contributed by atoms with E-state index in [2.05, 4.69) is 6.92 Å². The lowest BCUT2D eigenvalue weighted by molar-refractivity contribution is -0.143. The fraction of sp³-hybridized carbons (Fsp3) is 0.529. The number of aliphatic carboxylic acids is 1. The maximum Gasteiger partial charge on any atom is 0.308 e. The molecule has 4 nitrogen and oxygen atoms in total. The summed E-state index contributed by atoms with van der Waals surface area (Å²) in [7, 11) is 0. The van der Waals surface area contributed by atoms with Gasteiger partial charge in [0.2, 0.25) is 5.91 Å². The van der Waals surface area contributed by atoms with Crippen LogP contribution in [0, 0.1) is 5.92 Å². The molecule has 1 aromatic carbocycles. The normalized spacial score (nSPS) is 15.5. The average molecular weight is 289 g/mol. The molecule has 21 heavy (non-hydrogen) atoms. The Morgan fingerprint density at radius 1 is 1.29 bits per heavy atom. The third-order valence-electron chi connectivity index (χ3n) is 4.04. The zero-order valence-corrected chi connectivity index (χ0v) is 12.7. The third kappa shape index (κ3) is 4.06. The predicted octanol–water partition coefficient (Wildman–Crippen LogP) is 2.50. The summed E-state index contributed by atoms with van der Waals surface area (Å²) in [5.74, 6) is -1.31. The molecule has 1 amide bonds. The largest absolute Gasteiger partial charge is 0.481 e. The molecular formula is C17H23NO3. The van der Waals surface area contributed by atoms with Crippen LogP contribution in [0.15, 0.2) is 24.3 Å². The monoisotopic (exact) mass is 289 g/mol. The van der Waals surface area contributed by atoms with Gasteiger partial charge in [-0.1, -0.05) is 38.1 Å². The van der Waals surface area contributed by atoms with Crippen LogP contribution in [0.5, 0.6) is 0 Å². The van der Waals surface area contributed by atoms with Crippen molar-refractivity contribution in [3.8, 4) is 0 Å². The summed E-state index contributed by atoms with van der Waals surface area (Å²) < 4.78 is 0. The Hall–Kier alpha value is -1.84. The van der Waals surface area contributed by atoms with Crippen molar-refractivity contribution in [2.24, 2.45) is 5.92 Å². The van der Waals surface area contributed by atoms with Crippen LogP contribution in [0.1, 0.15) is 37.8 Å². The summed E-state index contributed by atoms with van der Waals surface area (Å²) in [6, 6.07) is 8.21. The van der Waals surface area contributed by atoms with E-state index in [1.807, 2.05) is 24.3 Å². The molecular weight excluding hydrogens is 266 g/mol. The second kappa shape index (κ2) is 6.74. The highest BCUT2D eigenvalue weighted by molar-refractivity contribution is 5.80. The highest BCUT2D eigenvalue weighted by Gasteiger charge is 2.34. The van der Waals surface area contributed by atoms with Crippen LogP contribution in [-0.2, 0) is 22.4 Å². The van der Waals surface area contributed by atoms with Crippen molar-refractivity contribution >= 4 is 11.9 Å². The number of aryl methyl sites for hydroxylation is 1. The van der Waals surface area contributed by atoms with Gasteiger partial charge in [-0.25, -0.2) is 0 Å². The maximum absolute atomic E-state index is 12.6. The molecule has 1 aromatic rings. The van der Waals surface area contributed by atoms with Crippen molar-refractivity contribution < 1.29 is 14.7 Å². The first-order valence-corrected chi connectivity index (χ1v) is 7.62. The second-order valence-electron chi connectivity index (χ2n) is 5.82. The van der Waals surface area contributed by atoms with Crippen molar-refractivity contribution in [1.82, 2.24) is 4.90 Å². The van der Waals surface area contributed by atoms with Gasteiger partial charge in [0, 0.05) is 12.6 Å². The molecule has 4 heteroatoms. The lowest BCUT2D eigenvalue weighted by Gasteiger charge is -2.25. The molecule has 1 saturated carbocycles. The van der Waals surface area contributed by atoms with E-state index >= 15 is 0 Å². The number of benzene rings is 1. The number of carboxylic acid groups (broad SMARTS) is 1. The Morgan fingerprint density at radius 3 is 2.43 bits per heavy atom. The van der Waals surface area contributed by atoms with E-state index in [0.717, 1.165) is 24.8 Å². The summed E-state index contributed by atoms with van der Waals surface area (Å²) >= 11 is 0. The molecule has 1 aliphatic carbocycles. The number of hydrogen-bond donors (Lipinski definition) is 1. The summed E-state index contributed by atoms with van der Waals surface area (Å²) in [5.41, 5.74) is 2.24. The van der Waals surface area contributed by atoms with E-state index in [0.29, 0.717) is 13.0 Å². The summed E-state index contributed by atoms with van der Waals surface area (Å²) in [4.78, 5) is 25.3. The zero-order valence-electron chi connectivity index (χ0n) is 12.7. The van der Waals surface area contributed by atoms with Crippen LogP contribution in [0.3, 0.4) is 0 Å². The standard InChI is InChI=1S/C17H23NO3/c1-3-13-6-4-5-7-14(13)10-16(19)18(15-8-9-15)11-12(2)17(20)21/h4-7,12,15H,3,8-11H2,1-2H3,(H,20,21). The zero-order chi connectivity index (χ0) is 15.4. The minimum absolute atomic E-state index is 0.0477. The number of nitrogens with zero attached hydrogens (tertiary/aromatic N) is 1. The predicted molar refractivity (Wildman–Crippen MR) is 81.1 cm³/mol. The molecule has 1 aliphatic rings. The van der Waals surface area contributed by atoms with Crippen LogP contribution in [0.2, 0.25) is 0 Å². The fourth-order valence-electron chi connectivity index (χ4n) is 2.55. The molecule has 1 fully saturated rings. The first-order chi connectivity index (χ1) is 10.0. The van der Waals surface area contributed by atoms with Crippen molar-refractivity contribution in [2.75, 3.05) is 6.54 Å². The van der Waals surface area contributed by atoms with E-state index in [1.165, 1.54) is 5.56 Å². The molecule has 0 spiro atoms. The molecule has 0 heterocycles. The lowest BCUT2D eigenvalue weighted by atomic mass is 10.0. The van der Waals surface area contributed by atoms with Gasteiger partial charge in [0.1, 0.15) is 0 Å². The van der Waals surface area contributed by atoms with Gasteiger partial charge in [-0.2, -0.15) is 0 Å². The molecule has 1 N–H and O–H groups in total. The molecule has 2 rings (SSSR count). The van der Waals surface area contributed by atoms with Gasteiger partial charge in [-0.15, -0.1) is 0 Å². The van der Waals surface area contributed by atoms with Gasteiger partial charge in [0.05, 0.1) is 12.3 Å². The van der Waals surface area contributed by atoms with Crippen molar-refractivity contribution in [2.45, 2.75) is 45.6 Å². The number of carboxylic acids is 1. The van der Waals surface area contributed by atoms with E-state index in [4.69, 9.17) is 5.11 Å². The van der Waals surface area contributed by atoms with Crippen molar-refractivity contribution in [3.63, 3.8) is 0 Å². The van der Waals surface area contributed by atoms with E-state index in [9.17, 15) is 9.59 Å².